The molecule has 0 aliphatic carbocycles. The van der Waals surface area contributed by atoms with E-state index in [1.807, 2.05) is 0 Å². The van der Waals surface area contributed by atoms with Gasteiger partial charge in [0, 0.05) is 6.54 Å². The minimum absolute atomic E-state index is 0.139. The molecule has 15 heavy (non-hydrogen) atoms. The van der Waals surface area contributed by atoms with E-state index in [4.69, 9.17) is 27.0 Å². The van der Waals surface area contributed by atoms with E-state index in [0.29, 0.717) is 6.54 Å². The van der Waals surface area contributed by atoms with Crippen LogP contribution in [0, 0.1) is 10.8 Å². The summed E-state index contributed by atoms with van der Waals surface area (Å²) in [7, 11) is 0. The lowest BCUT2D eigenvalue weighted by atomic mass is 10.4. The summed E-state index contributed by atoms with van der Waals surface area (Å²) >= 11 is 0. The molecule has 0 saturated carbocycles. The number of carbonyl (C=O) groups excluding carboxylic acids is 1. The summed E-state index contributed by atoms with van der Waals surface area (Å²) in [5.74, 6) is -0.737. The van der Waals surface area contributed by atoms with Crippen LogP contribution < -0.4 is 22.1 Å². The monoisotopic (exact) mass is 216 g/mol. The highest BCUT2D eigenvalue weighted by Crippen LogP contribution is 1.83. The maximum atomic E-state index is 11.0. The number of hydrogen-bond donors (Lipinski definition) is 6. The summed E-state index contributed by atoms with van der Waals surface area (Å²) < 4.78 is 4.77. The summed E-state index contributed by atoms with van der Waals surface area (Å²) in [6.45, 7) is 0.730. The SMILES string of the molecule is N=C(N)NCCOC(=O)CCNC(=N)N. The molecule has 0 aromatic heterocycles. The molecule has 0 aromatic carbocycles. The minimum atomic E-state index is -0.394. The van der Waals surface area contributed by atoms with Crippen LogP contribution in [0.5, 0.6) is 0 Å². The van der Waals surface area contributed by atoms with Gasteiger partial charge in [-0.3, -0.25) is 15.6 Å². The standard InChI is InChI=1S/C7H16N6O2/c8-6(9)12-2-1-5(14)15-4-3-13-7(10)11/h1-4H2,(H4,8,9,12)(H4,10,11,13). The highest BCUT2D eigenvalue weighted by Gasteiger charge is 2.01. The Bertz CT molecular complexity index is 242. The average molecular weight is 216 g/mol. The van der Waals surface area contributed by atoms with Crippen LogP contribution in [0.15, 0.2) is 0 Å². The van der Waals surface area contributed by atoms with Crippen molar-refractivity contribution in [1.29, 1.82) is 10.8 Å². The van der Waals surface area contributed by atoms with Gasteiger partial charge in [-0.2, -0.15) is 0 Å². The van der Waals surface area contributed by atoms with Crippen molar-refractivity contribution in [2.75, 3.05) is 19.7 Å². The van der Waals surface area contributed by atoms with Gasteiger partial charge in [0.15, 0.2) is 11.9 Å². The first-order valence-electron chi connectivity index (χ1n) is 4.33. The summed E-state index contributed by atoms with van der Waals surface area (Å²) in [5, 5.41) is 18.6. The molecule has 8 N–H and O–H groups in total. The van der Waals surface area contributed by atoms with Crippen LogP contribution in [0.3, 0.4) is 0 Å². The van der Waals surface area contributed by atoms with Crippen LogP contribution in [-0.2, 0) is 9.53 Å². The van der Waals surface area contributed by atoms with Gasteiger partial charge in [-0.25, -0.2) is 0 Å². The van der Waals surface area contributed by atoms with Crippen molar-refractivity contribution < 1.29 is 9.53 Å². The lowest BCUT2D eigenvalue weighted by Crippen LogP contribution is -2.34. The third kappa shape index (κ3) is 9.93. The molecule has 0 aromatic rings. The number of carbonyl (C=O) groups is 1. The lowest BCUT2D eigenvalue weighted by molar-refractivity contribution is -0.143. The molecule has 0 aliphatic rings. The number of rotatable bonds is 6. The zero-order chi connectivity index (χ0) is 11.7. The fraction of sp³-hybridized carbons (Fsp3) is 0.571. The van der Waals surface area contributed by atoms with Crippen LogP contribution in [0.4, 0.5) is 0 Å². The zero-order valence-electron chi connectivity index (χ0n) is 8.30. The minimum Gasteiger partial charge on any atom is -0.464 e. The maximum absolute atomic E-state index is 11.0. The Morgan fingerprint density at radius 2 is 1.67 bits per heavy atom. The predicted octanol–water partition coefficient (Wildman–Crippen LogP) is -2.11. The fourth-order valence-electron chi connectivity index (χ4n) is 0.722. The first-order chi connectivity index (χ1) is 7.02. The Morgan fingerprint density at radius 1 is 1.13 bits per heavy atom. The Morgan fingerprint density at radius 3 is 2.20 bits per heavy atom. The molecule has 0 amide bonds. The van der Waals surface area contributed by atoms with Gasteiger partial charge in [-0.1, -0.05) is 0 Å². The van der Waals surface area contributed by atoms with Gasteiger partial charge in [0.2, 0.25) is 0 Å². The van der Waals surface area contributed by atoms with Crippen LogP contribution in [-0.4, -0.2) is 37.6 Å². The summed E-state index contributed by atoms with van der Waals surface area (Å²) in [6, 6.07) is 0. The van der Waals surface area contributed by atoms with E-state index in [0.717, 1.165) is 0 Å². The Kier molecular flexibility index (Phi) is 6.43. The molecule has 0 aliphatic heterocycles. The Labute approximate surface area is 87.4 Å². The van der Waals surface area contributed by atoms with Crippen molar-refractivity contribution in [2.24, 2.45) is 11.5 Å². The third-order valence-electron chi connectivity index (χ3n) is 1.33. The maximum Gasteiger partial charge on any atom is 0.307 e. The molecule has 0 atom stereocenters. The lowest BCUT2D eigenvalue weighted by Gasteiger charge is -2.06. The molecule has 0 spiro atoms. The second-order valence-corrected chi connectivity index (χ2v) is 2.65. The van der Waals surface area contributed by atoms with Crippen molar-refractivity contribution in [1.82, 2.24) is 10.6 Å². The highest BCUT2D eigenvalue weighted by atomic mass is 16.5. The van der Waals surface area contributed by atoms with E-state index in [9.17, 15) is 4.79 Å². The van der Waals surface area contributed by atoms with E-state index >= 15 is 0 Å². The molecule has 0 rings (SSSR count). The topological polar surface area (TPSA) is 150 Å². The van der Waals surface area contributed by atoms with Crippen molar-refractivity contribution >= 4 is 17.9 Å². The fourth-order valence-corrected chi connectivity index (χ4v) is 0.722. The third-order valence-corrected chi connectivity index (χ3v) is 1.33. The number of nitrogens with one attached hydrogen (secondary N) is 4. The van der Waals surface area contributed by atoms with Crippen LogP contribution in [0.2, 0.25) is 0 Å². The summed E-state index contributed by atoms with van der Waals surface area (Å²) in [6.07, 6.45) is 0.139. The zero-order valence-corrected chi connectivity index (χ0v) is 8.30. The molecule has 86 valence electrons. The normalized spacial score (nSPS) is 9.07. The number of nitrogens with two attached hydrogens (primary N) is 2. The molecule has 0 saturated heterocycles. The van der Waals surface area contributed by atoms with E-state index in [1.54, 1.807) is 0 Å². The largest absolute Gasteiger partial charge is 0.464 e. The smallest absolute Gasteiger partial charge is 0.307 e. The second-order valence-electron chi connectivity index (χ2n) is 2.65. The van der Waals surface area contributed by atoms with Crippen LogP contribution >= 0.6 is 0 Å². The van der Waals surface area contributed by atoms with Gasteiger partial charge in [0.25, 0.3) is 0 Å². The van der Waals surface area contributed by atoms with Gasteiger partial charge >= 0.3 is 5.97 Å². The molecule has 0 fully saturated rings. The molecular formula is C7H16N6O2. The van der Waals surface area contributed by atoms with Gasteiger partial charge in [-0.15, -0.1) is 0 Å². The quantitative estimate of drug-likeness (QED) is 0.129. The van der Waals surface area contributed by atoms with Crippen molar-refractivity contribution in [2.45, 2.75) is 6.42 Å². The Hall–Kier alpha value is -1.99. The highest BCUT2D eigenvalue weighted by molar-refractivity contribution is 5.75. The van der Waals surface area contributed by atoms with Gasteiger partial charge in [0.1, 0.15) is 6.61 Å². The first-order valence-corrected chi connectivity index (χ1v) is 4.33. The number of guanidine groups is 2. The number of hydrogen-bond acceptors (Lipinski definition) is 4. The molecule has 0 heterocycles. The second kappa shape index (κ2) is 7.42. The molecule has 0 unspecified atom stereocenters. The van der Waals surface area contributed by atoms with Gasteiger partial charge in [-0.05, 0) is 0 Å². The molecule has 8 heteroatoms. The number of ether oxygens (including phenoxy) is 1. The molecular weight excluding hydrogens is 200 g/mol. The predicted molar refractivity (Wildman–Crippen MR) is 55.4 cm³/mol. The van der Waals surface area contributed by atoms with Crippen molar-refractivity contribution in [3.63, 3.8) is 0 Å². The van der Waals surface area contributed by atoms with E-state index in [2.05, 4.69) is 10.6 Å². The first kappa shape index (κ1) is 13.0. The summed E-state index contributed by atoms with van der Waals surface area (Å²) in [4.78, 5) is 11.0. The Balaban J connectivity index is 3.33. The molecule has 8 nitrogen and oxygen atoms in total. The van der Waals surface area contributed by atoms with Crippen LogP contribution in [0.25, 0.3) is 0 Å². The molecule has 0 radical (unpaired) electrons. The van der Waals surface area contributed by atoms with Gasteiger partial charge < -0.3 is 26.8 Å². The van der Waals surface area contributed by atoms with Crippen molar-refractivity contribution in [3.8, 4) is 0 Å². The van der Waals surface area contributed by atoms with E-state index < -0.39 is 5.97 Å². The average Bonchev–Trinajstić information content (AvgIpc) is 2.11. The van der Waals surface area contributed by atoms with E-state index in [-0.39, 0.29) is 31.5 Å². The van der Waals surface area contributed by atoms with Gasteiger partial charge in [0.05, 0.1) is 13.0 Å². The molecule has 0 bridgehead atoms. The summed E-state index contributed by atoms with van der Waals surface area (Å²) in [5.41, 5.74) is 10.0. The van der Waals surface area contributed by atoms with E-state index in [1.165, 1.54) is 0 Å². The van der Waals surface area contributed by atoms with Crippen LogP contribution in [0.1, 0.15) is 6.42 Å². The van der Waals surface area contributed by atoms with Crippen molar-refractivity contribution in [3.05, 3.63) is 0 Å². The number of esters is 1.